The van der Waals surface area contributed by atoms with Crippen molar-refractivity contribution in [3.63, 3.8) is 0 Å². The number of nitrogens with zero attached hydrogens (tertiary/aromatic N) is 2. The van der Waals surface area contributed by atoms with Crippen LogP contribution in [0.25, 0.3) is 0 Å². The number of carbonyl (C=O) groups excluding carboxylic acids is 2. The lowest BCUT2D eigenvalue weighted by Crippen LogP contribution is -2.39. The molecular weight excluding hydrogens is 393 g/mol. The normalized spacial score (nSPS) is 19.2. The average molecular weight is 418 g/mol. The lowest BCUT2D eigenvalue weighted by Gasteiger charge is -2.31. The van der Waals surface area contributed by atoms with Gasteiger partial charge in [-0.05, 0) is 31.7 Å². The first-order valence-corrected chi connectivity index (χ1v) is 10.7. The van der Waals surface area contributed by atoms with Gasteiger partial charge >= 0.3 is 6.18 Å². The Morgan fingerprint density at radius 3 is 2.54 bits per heavy atom. The Balaban J connectivity index is 1.44. The number of H-pyrrole nitrogens is 1. The third kappa shape index (κ3) is 5.89. The fourth-order valence-corrected chi connectivity index (χ4v) is 4.94. The maximum atomic E-state index is 12.4. The van der Waals surface area contributed by atoms with E-state index in [1.165, 1.54) is 31.7 Å². The maximum Gasteiger partial charge on any atom is 0.405 e. The molecule has 3 rings (SSSR count). The summed E-state index contributed by atoms with van der Waals surface area (Å²) in [4.78, 5) is 26.0. The molecule has 1 aliphatic carbocycles. The van der Waals surface area contributed by atoms with Crippen molar-refractivity contribution in [2.45, 2.75) is 55.9 Å². The van der Waals surface area contributed by atoms with Crippen LogP contribution >= 0.6 is 11.8 Å². The average Bonchev–Trinajstić information content (AvgIpc) is 3.35. The number of alkyl halides is 3. The zero-order chi connectivity index (χ0) is 20.1. The molecule has 6 nitrogen and oxygen atoms in total. The molecular formula is C18H25F3N4O2S. The Bertz CT molecular complexity index is 681. The van der Waals surface area contributed by atoms with Crippen LogP contribution in [0.15, 0.2) is 6.07 Å². The largest absolute Gasteiger partial charge is 0.405 e. The van der Waals surface area contributed by atoms with Gasteiger partial charge in [0.15, 0.2) is 0 Å². The standard InChI is InChI=1S/C18H25F3N4O2S/c19-18(20,21)11-22-17(27)15-9-14(23-24-15)12-5-7-25(8-6-12)16(26)10-28-13-3-1-2-4-13/h9,12-13H,1-8,10-11H2,(H,22,27)(H,23,24). The summed E-state index contributed by atoms with van der Waals surface area (Å²) >= 11 is 1.76. The van der Waals surface area contributed by atoms with Crippen molar-refractivity contribution in [2.24, 2.45) is 0 Å². The van der Waals surface area contributed by atoms with Crippen LogP contribution in [0.2, 0.25) is 0 Å². The second-order valence-corrected chi connectivity index (χ2v) is 8.67. The van der Waals surface area contributed by atoms with Gasteiger partial charge in [-0.25, -0.2) is 0 Å². The summed E-state index contributed by atoms with van der Waals surface area (Å²) in [6.45, 7) is -0.0971. The number of hydrogen-bond acceptors (Lipinski definition) is 4. The highest BCUT2D eigenvalue weighted by molar-refractivity contribution is 8.00. The van der Waals surface area contributed by atoms with Gasteiger partial charge in [0.1, 0.15) is 12.2 Å². The molecule has 1 aliphatic heterocycles. The summed E-state index contributed by atoms with van der Waals surface area (Å²) in [6.07, 6.45) is 1.97. The number of amides is 2. The SMILES string of the molecule is O=C(NCC(F)(F)F)c1cc(C2CCN(C(=O)CSC3CCCC3)CC2)[nH]n1. The second kappa shape index (κ2) is 9.19. The van der Waals surface area contributed by atoms with E-state index < -0.39 is 18.6 Å². The van der Waals surface area contributed by atoms with Crippen LogP contribution in [0.4, 0.5) is 13.2 Å². The molecule has 2 amide bonds. The summed E-state index contributed by atoms with van der Waals surface area (Å²) < 4.78 is 36.6. The zero-order valence-electron chi connectivity index (χ0n) is 15.6. The summed E-state index contributed by atoms with van der Waals surface area (Å²) in [7, 11) is 0. The Morgan fingerprint density at radius 2 is 1.89 bits per heavy atom. The monoisotopic (exact) mass is 418 g/mol. The molecule has 1 saturated heterocycles. The molecule has 1 aromatic rings. The Labute approximate surface area is 166 Å². The molecule has 0 aromatic carbocycles. The van der Waals surface area contributed by atoms with Crippen molar-refractivity contribution < 1.29 is 22.8 Å². The minimum atomic E-state index is -4.45. The summed E-state index contributed by atoms with van der Waals surface area (Å²) in [5.74, 6) is -0.0325. The fraction of sp³-hybridized carbons (Fsp3) is 0.722. The van der Waals surface area contributed by atoms with Crippen molar-refractivity contribution in [2.75, 3.05) is 25.4 Å². The minimum absolute atomic E-state index is 0.0503. The molecule has 2 fully saturated rings. The summed E-state index contributed by atoms with van der Waals surface area (Å²) in [5, 5.41) is 9.02. The maximum absolute atomic E-state index is 12.4. The molecule has 10 heteroatoms. The number of nitrogens with one attached hydrogen (secondary N) is 2. The van der Waals surface area contributed by atoms with Crippen LogP contribution in [0, 0.1) is 0 Å². The molecule has 0 atom stereocenters. The number of halogens is 3. The second-order valence-electron chi connectivity index (χ2n) is 7.38. The number of rotatable bonds is 6. The lowest BCUT2D eigenvalue weighted by molar-refractivity contribution is -0.129. The molecule has 0 radical (unpaired) electrons. The molecule has 0 bridgehead atoms. The van der Waals surface area contributed by atoms with Gasteiger partial charge in [0, 0.05) is 30.0 Å². The molecule has 1 aromatic heterocycles. The van der Waals surface area contributed by atoms with Crippen LogP contribution in [0.3, 0.4) is 0 Å². The van der Waals surface area contributed by atoms with Crippen LogP contribution in [0.1, 0.15) is 60.6 Å². The van der Waals surface area contributed by atoms with E-state index in [0.29, 0.717) is 24.1 Å². The van der Waals surface area contributed by atoms with Crippen molar-refractivity contribution in [1.82, 2.24) is 20.4 Å². The summed E-state index contributed by atoms with van der Waals surface area (Å²) in [6, 6.07) is 1.50. The van der Waals surface area contributed by atoms with E-state index in [2.05, 4.69) is 10.2 Å². The van der Waals surface area contributed by atoms with Crippen molar-refractivity contribution >= 4 is 23.6 Å². The van der Waals surface area contributed by atoms with E-state index in [0.717, 1.165) is 18.5 Å². The van der Waals surface area contributed by atoms with Gasteiger partial charge < -0.3 is 10.2 Å². The third-order valence-electron chi connectivity index (χ3n) is 5.31. The number of aromatic amines is 1. The predicted molar refractivity (Wildman–Crippen MR) is 100 cm³/mol. The van der Waals surface area contributed by atoms with Crippen molar-refractivity contribution in [1.29, 1.82) is 0 Å². The number of thioether (sulfide) groups is 1. The predicted octanol–water partition coefficient (Wildman–Crippen LogP) is 3.08. The van der Waals surface area contributed by atoms with Crippen LogP contribution < -0.4 is 5.32 Å². The van der Waals surface area contributed by atoms with Gasteiger partial charge in [-0.3, -0.25) is 14.7 Å². The van der Waals surface area contributed by atoms with Gasteiger partial charge in [-0.2, -0.15) is 18.3 Å². The van der Waals surface area contributed by atoms with Gasteiger partial charge in [0.2, 0.25) is 5.91 Å². The van der Waals surface area contributed by atoms with E-state index in [-0.39, 0.29) is 17.5 Å². The number of piperidine rings is 1. The molecule has 2 N–H and O–H groups in total. The van der Waals surface area contributed by atoms with Gasteiger partial charge in [-0.1, -0.05) is 12.8 Å². The molecule has 1 saturated carbocycles. The first kappa shape index (κ1) is 21.0. The molecule has 2 aliphatic rings. The molecule has 0 spiro atoms. The van der Waals surface area contributed by atoms with E-state index in [1.807, 2.05) is 10.2 Å². The molecule has 156 valence electrons. The number of carbonyl (C=O) groups is 2. The van der Waals surface area contributed by atoms with Crippen LogP contribution in [-0.2, 0) is 4.79 Å². The first-order valence-electron chi connectivity index (χ1n) is 9.61. The quantitative estimate of drug-likeness (QED) is 0.744. The van der Waals surface area contributed by atoms with Crippen LogP contribution in [-0.4, -0.2) is 63.7 Å². The Hall–Kier alpha value is -1.71. The minimum Gasteiger partial charge on any atom is -0.342 e. The topological polar surface area (TPSA) is 78.1 Å². The highest BCUT2D eigenvalue weighted by Crippen LogP contribution is 2.31. The van der Waals surface area contributed by atoms with Gasteiger partial charge in [0.05, 0.1) is 5.75 Å². The van der Waals surface area contributed by atoms with Gasteiger partial charge in [0.25, 0.3) is 5.91 Å². The highest BCUT2D eigenvalue weighted by Gasteiger charge is 2.29. The van der Waals surface area contributed by atoms with E-state index in [1.54, 1.807) is 11.8 Å². The first-order chi connectivity index (χ1) is 13.3. The highest BCUT2D eigenvalue weighted by atomic mass is 32.2. The smallest absolute Gasteiger partial charge is 0.342 e. The molecule has 0 unspecified atom stereocenters. The van der Waals surface area contributed by atoms with Crippen molar-refractivity contribution in [3.8, 4) is 0 Å². The fourth-order valence-electron chi connectivity index (χ4n) is 3.71. The zero-order valence-corrected chi connectivity index (χ0v) is 16.4. The molecule has 28 heavy (non-hydrogen) atoms. The van der Waals surface area contributed by atoms with E-state index in [4.69, 9.17) is 0 Å². The summed E-state index contributed by atoms with van der Waals surface area (Å²) in [5.41, 5.74) is 0.676. The number of likely N-dealkylation sites (tertiary alicyclic amines) is 1. The van der Waals surface area contributed by atoms with E-state index in [9.17, 15) is 22.8 Å². The Morgan fingerprint density at radius 1 is 1.21 bits per heavy atom. The number of hydrogen-bond donors (Lipinski definition) is 2. The lowest BCUT2D eigenvalue weighted by atomic mass is 9.93. The Kier molecular flexibility index (Phi) is 6.90. The van der Waals surface area contributed by atoms with Crippen molar-refractivity contribution in [3.05, 3.63) is 17.5 Å². The third-order valence-corrected chi connectivity index (χ3v) is 6.67. The van der Waals surface area contributed by atoms with Crippen LogP contribution in [0.5, 0.6) is 0 Å². The van der Waals surface area contributed by atoms with E-state index >= 15 is 0 Å². The molecule has 2 heterocycles. The number of aromatic nitrogens is 2. The van der Waals surface area contributed by atoms with Gasteiger partial charge in [-0.15, -0.1) is 11.8 Å².